The van der Waals surface area contributed by atoms with E-state index in [9.17, 15) is 0 Å². The van der Waals surface area contributed by atoms with E-state index in [0.717, 1.165) is 50.3 Å². The van der Waals surface area contributed by atoms with Gasteiger partial charge < -0.3 is 4.90 Å². The average molecular weight is 717 g/mol. The highest BCUT2D eigenvalue weighted by molar-refractivity contribution is 5.94. The van der Waals surface area contributed by atoms with Gasteiger partial charge in [-0.3, -0.25) is 0 Å². The Morgan fingerprint density at radius 3 is 1.43 bits per heavy atom. The first-order valence-electron chi connectivity index (χ1n) is 19.4. The van der Waals surface area contributed by atoms with Gasteiger partial charge in [-0.1, -0.05) is 166 Å². The molecule has 8 aromatic carbocycles. The van der Waals surface area contributed by atoms with Crippen molar-refractivity contribution < 1.29 is 0 Å². The molecule has 266 valence electrons. The van der Waals surface area contributed by atoms with Crippen LogP contribution in [0.25, 0.3) is 66.7 Å². The minimum atomic E-state index is -0.0946. The molecule has 0 saturated carbocycles. The van der Waals surface area contributed by atoms with Crippen molar-refractivity contribution >= 4 is 28.0 Å². The lowest BCUT2D eigenvalue weighted by Gasteiger charge is -2.26. The summed E-state index contributed by atoms with van der Waals surface area (Å²) >= 11 is 0. The minimum absolute atomic E-state index is 0.0946. The average Bonchev–Trinajstić information content (AvgIpc) is 3.50. The van der Waals surface area contributed by atoms with Crippen molar-refractivity contribution in [3.05, 3.63) is 217 Å². The second-order valence-electron chi connectivity index (χ2n) is 15.2. The van der Waals surface area contributed by atoms with Crippen LogP contribution in [0.15, 0.2) is 206 Å². The molecule has 1 aliphatic carbocycles. The van der Waals surface area contributed by atoms with Crippen molar-refractivity contribution in [1.29, 1.82) is 0 Å². The van der Waals surface area contributed by atoms with Crippen LogP contribution in [-0.2, 0) is 5.41 Å². The summed E-state index contributed by atoms with van der Waals surface area (Å²) in [4.78, 5) is 7.69. The lowest BCUT2D eigenvalue weighted by atomic mass is 9.81. The Hall–Kier alpha value is -7.03. The van der Waals surface area contributed by atoms with E-state index in [0.29, 0.717) is 0 Å². The van der Waals surface area contributed by atoms with Crippen LogP contribution in [0.5, 0.6) is 0 Å². The third-order valence-electron chi connectivity index (χ3n) is 11.5. The van der Waals surface area contributed by atoms with Gasteiger partial charge in [0.25, 0.3) is 0 Å². The number of pyridine rings is 1. The van der Waals surface area contributed by atoms with Crippen LogP contribution in [0.4, 0.5) is 17.1 Å². The molecule has 10 rings (SSSR count). The molecule has 0 atom stereocenters. The summed E-state index contributed by atoms with van der Waals surface area (Å²) in [5, 5.41) is 1.13. The van der Waals surface area contributed by atoms with Gasteiger partial charge in [-0.15, -0.1) is 0 Å². The monoisotopic (exact) mass is 716 g/mol. The number of para-hydroxylation sites is 1. The minimum Gasteiger partial charge on any atom is -0.311 e. The molecule has 0 fully saturated rings. The standard InChI is InChI=1S/C54H40N2/c1-54(2)50-19-11-10-18-47(50)48-34-27-43(36-51(48)54)53-49(35-42-17-9-12-20-52(42)55-53)41-25-32-46(33-26-41)56(44-28-21-39(22-29-44)37-13-5-3-6-14-37)45-30-23-40(24-31-45)38-15-7-4-8-16-38/h3-36H,1-2H3. The third kappa shape index (κ3) is 5.88. The van der Waals surface area contributed by atoms with Gasteiger partial charge in [0.05, 0.1) is 11.2 Å². The Bertz CT molecular complexity index is 2750. The molecule has 1 heterocycles. The predicted octanol–water partition coefficient (Wildman–Crippen LogP) is 14.7. The van der Waals surface area contributed by atoms with Crippen molar-refractivity contribution in [1.82, 2.24) is 4.98 Å². The highest BCUT2D eigenvalue weighted by atomic mass is 15.1. The van der Waals surface area contributed by atoms with Crippen LogP contribution >= 0.6 is 0 Å². The topological polar surface area (TPSA) is 16.1 Å². The van der Waals surface area contributed by atoms with E-state index in [1.165, 1.54) is 44.5 Å². The van der Waals surface area contributed by atoms with Crippen molar-refractivity contribution in [3.8, 4) is 55.8 Å². The smallest absolute Gasteiger partial charge is 0.0788 e. The zero-order valence-electron chi connectivity index (χ0n) is 31.5. The summed E-state index contributed by atoms with van der Waals surface area (Å²) in [5.74, 6) is 0. The van der Waals surface area contributed by atoms with Gasteiger partial charge >= 0.3 is 0 Å². The zero-order chi connectivity index (χ0) is 37.6. The summed E-state index contributed by atoms with van der Waals surface area (Å²) in [7, 11) is 0. The molecule has 0 unspecified atom stereocenters. The van der Waals surface area contributed by atoms with Gasteiger partial charge in [-0.25, -0.2) is 4.98 Å². The fraction of sp³-hybridized carbons (Fsp3) is 0.0556. The molecule has 2 nitrogen and oxygen atoms in total. The van der Waals surface area contributed by atoms with Crippen LogP contribution in [0.2, 0.25) is 0 Å². The largest absolute Gasteiger partial charge is 0.311 e. The molecule has 0 saturated heterocycles. The second-order valence-corrected chi connectivity index (χ2v) is 15.2. The fourth-order valence-corrected chi connectivity index (χ4v) is 8.51. The molecule has 0 amide bonds. The van der Waals surface area contributed by atoms with E-state index in [2.05, 4.69) is 225 Å². The van der Waals surface area contributed by atoms with Crippen LogP contribution in [0, 0.1) is 0 Å². The first-order valence-corrected chi connectivity index (χ1v) is 19.4. The van der Waals surface area contributed by atoms with Crippen molar-refractivity contribution in [2.45, 2.75) is 19.3 Å². The van der Waals surface area contributed by atoms with E-state index in [1.54, 1.807) is 0 Å². The van der Waals surface area contributed by atoms with Crippen LogP contribution in [-0.4, -0.2) is 4.98 Å². The highest BCUT2D eigenvalue weighted by Gasteiger charge is 2.35. The van der Waals surface area contributed by atoms with Crippen LogP contribution in [0.1, 0.15) is 25.0 Å². The quantitative estimate of drug-likeness (QED) is 0.163. The maximum Gasteiger partial charge on any atom is 0.0788 e. The summed E-state index contributed by atoms with van der Waals surface area (Å²) in [6.07, 6.45) is 0. The van der Waals surface area contributed by atoms with Gasteiger partial charge in [-0.2, -0.15) is 0 Å². The molecule has 0 bridgehead atoms. The number of nitrogens with zero attached hydrogens (tertiary/aromatic N) is 2. The van der Waals surface area contributed by atoms with E-state index >= 15 is 0 Å². The Morgan fingerprint density at radius 1 is 0.357 bits per heavy atom. The number of anilines is 3. The van der Waals surface area contributed by atoms with Gasteiger partial charge in [0.15, 0.2) is 0 Å². The zero-order valence-corrected chi connectivity index (χ0v) is 31.5. The molecule has 56 heavy (non-hydrogen) atoms. The third-order valence-corrected chi connectivity index (χ3v) is 11.5. The summed E-state index contributed by atoms with van der Waals surface area (Å²) in [5.41, 5.74) is 18.7. The van der Waals surface area contributed by atoms with Gasteiger partial charge in [-0.05, 0) is 105 Å². The molecule has 0 aliphatic heterocycles. The van der Waals surface area contributed by atoms with Crippen molar-refractivity contribution in [3.63, 3.8) is 0 Å². The van der Waals surface area contributed by atoms with Crippen LogP contribution < -0.4 is 4.90 Å². The maximum atomic E-state index is 5.35. The van der Waals surface area contributed by atoms with E-state index < -0.39 is 0 Å². The van der Waals surface area contributed by atoms with Gasteiger partial charge in [0.2, 0.25) is 0 Å². The summed E-state index contributed by atoms with van der Waals surface area (Å²) in [6.45, 7) is 4.68. The molecule has 0 N–H and O–H groups in total. The van der Waals surface area contributed by atoms with Crippen LogP contribution in [0.3, 0.4) is 0 Å². The second kappa shape index (κ2) is 13.7. The first kappa shape index (κ1) is 33.5. The lowest BCUT2D eigenvalue weighted by Crippen LogP contribution is -2.15. The Kier molecular flexibility index (Phi) is 8.19. The number of benzene rings is 8. The predicted molar refractivity (Wildman–Crippen MR) is 236 cm³/mol. The Balaban J connectivity index is 1.07. The molecule has 1 aliphatic rings. The van der Waals surface area contributed by atoms with E-state index in [-0.39, 0.29) is 5.41 Å². The molecule has 0 radical (unpaired) electrons. The van der Waals surface area contributed by atoms with Crippen molar-refractivity contribution in [2.24, 2.45) is 0 Å². The normalized spacial score (nSPS) is 12.6. The molecule has 2 heteroatoms. The number of aromatic nitrogens is 1. The molecular weight excluding hydrogens is 677 g/mol. The number of rotatable bonds is 7. The SMILES string of the molecule is CC1(C)c2ccccc2-c2ccc(-c3nc4ccccc4cc3-c3ccc(N(c4ccc(-c5ccccc5)cc4)c4ccc(-c5ccccc5)cc4)cc3)cc21. The maximum absolute atomic E-state index is 5.35. The number of fused-ring (bicyclic) bond motifs is 4. The number of hydrogen-bond donors (Lipinski definition) is 0. The first-order chi connectivity index (χ1) is 27.5. The highest BCUT2D eigenvalue weighted by Crippen LogP contribution is 2.50. The van der Waals surface area contributed by atoms with Gasteiger partial charge in [0.1, 0.15) is 0 Å². The number of hydrogen-bond acceptors (Lipinski definition) is 2. The fourth-order valence-electron chi connectivity index (χ4n) is 8.51. The summed E-state index contributed by atoms with van der Waals surface area (Å²) in [6, 6.07) is 74.4. The summed E-state index contributed by atoms with van der Waals surface area (Å²) < 4.78 is 0. The molecular formula is C54H40N2. The van der Waals surface area contributed by atoms with Crippen molar-refractivity contribution in [2.75, 3.05) is 4.90 Å². The molecule has 0 spiro atoms. The Labute approximate surface area is 329 Å². The van der Waals surface area contributed by atoms with Gasteiger partial charge in [0, 0.05) is 39.0 Å². The Morgan fingerprint density at radius 2 is 0.821 bits per heavy atom. The lowest BCUT2D eigenvalue weighted by molar-refractivity contribution is 0.660. The molecule has 9 aromatic rings. The van der Waals surface area contributed by atoms with E-state index in [4.69, 9.17) is 4.98 Å². The molecule has 1 aromatic heterocycles. The van der Waals surface area contributed by atoms with E-state index in [1.807, 2.05) is 0 Å².